The average Bonchev–Trinajstić information content (AvgIpc) is 2.42. The number of benzene rings is 1. The lowest BCUT2D eigenvalue weighted by Gasteiger charge is -2.18. The third-order valence-corrected chi connectivity index (χ3v) is 4.75. The first kappa shape index (κ1) is 16.7. The third-order valence-electron chi connectivity index (χ3n) is 2.90. The molecule has 0 heterocycles. The zero-order chi connectivity index (χ0) is 15.2. The van der Waals surface area contributed by atoms with E-state index < -0.39 is 10.0 Å². The molecule has 0 unspecified atom stereocenters. The van der Waals surface area contributed by atoms with Gasteiger partial charge >= 0.3 is 0 Å². The van der Waals surface area contributed by atoms with Crippen molar-refractivity contribution in [2.75, 3.05) is 20.1 Å². The minimum atomic E-state index is -3.45. The van der Waals surface area contributed by atoms with Gasteiger partial charge in [0.15, 0.2) is 0 Å². The van der Waals surface area contributed by atoms with E-state index in [2.05, 4.69) is 25.7 Å². The van der Waals surface area contributed by atoms with Crippen LogP contribution < -0.4 is 5.73 Å². The van der Waals surface area contributed by atoms with Crippen molar-refractivity contribution in [1.82, 2.24) is 4.31 Å². The van der Waals surface area contributed by atoms with E-state index in [4.69, 9.17) is 5.73 Å². The van der Waals surface area contributed by atoms with Gasteiger partial charge in [-0.25, -0.2) is 12.7 Å². The molecular formula is C15H22N2O2S. The van der Waals surface area contributed by atoms with E-state index in [-0.39, 0.29) is 11.4 Å². The molecule has 1 rings (SSSR count). The summed E-state index contributed by atoms with van der Waals surface area (Å²) in [5.74, 6) is 6.04. The maximum absolute atomic E-state index is 12.4. The second-order valence-corrected chi connectivity index (χ2v) is 7.09. The lowest BCUT2D eigenvalue weighted by molar-refractivity contribution is 0.428. The molecule has 5 heteroatoms. The summed E-state index contributed by atoms with van der Waals surface area (Å²) in [5.41, 5.74) is 5.98. The Hall–Kier alpha value is -1.35. The Bertz CT molecular complexity index is 598. The van der Waals surface area contributed by atoms with Gasteiger partial charge in [0.25, 0.3) is 0 Å². The Balaban J connectivity index is 2.97. The van der Waals surface area contributed by atoms with E-state index in [9.17, 15) is 8.42 Å². The molecule has 0 atom stereocenters. The number of hydrogen-bond acceptors (Lipinski definition) is 3. The van der Waals surface area contributed by atoms with E-state index in [1.54, 1.807) is 31.3 Å². The van der Waals surface area contributed by atoms with Crippen molar-refractivity contribution in [3.05, 3.63) is 29.8 Å². The van der Waals surface area contributed by atoms with Crippen molar-refractivity contribution < 1.29 is 8.42 Å². The zero-order valence-electron chi connectivity index (χ0n) is 12.3. The van der Waals surface area contributed by atoms with Gasteiger partial charge in [-0.05, 0) is 30.5 Å². The molecule has 0 saturated heterocycles. The van der Waals surface area contributed by atoms with Crippen LogP contribution >= 0.6 is 0 Å². The molecule has 20 heavy (non-hydrogen) atoms. The van der Waals surface area contributed by atoms with Crippen molar-refractivity contribution >= 4 is 10.0 Å². The molecule has 110 valence electrons. The van der Waals surface area contributed by atoms with Crippen LogP contribution in [0.15, 0.2) is 29.2 Å². The van der Waals surface area contributed by atoms with E-state index in [1.165, 1.54) is 4.31 Å². The smallest absolute Gasteiger partial charge is 0.242 e. The molecule has 0 bridgehead atoms. The lowest BCUT2D eigenvalue weighted by Crippen LogP contribution is -2.28. The Labute approximate surface area is 122 Å². The van der Waals surface area contributed by atoms with Gasteiger partial charge in [-0.2, -0.15) is 0 Å². The van der Waals surface area contributed by atoms with Crippen LogP contribution in [-0.4, -0.2) is 32.9 Å². The Morgan fingerprint density at radius 2 is 2.05 bits per heavy atom. The monoisotopic (exact) mass is 294 g/mol. The number of nitrogens with two attached hydrogens (primary N) is 1. The Kier molecular flexibility index (Phi) is 6.21. The maximum atomic E-state index is 12.4. The highest BCUT2D eigenvalue weighted by Gasteiger charge is 2.20. The molecule has 0 fully saturated rings. The fourth-order valence-electron chi connectivity index (χ4n) is 1.63. The molecule has 0 spiro atoms. The second-order valence-electron chi connectivity index (χ2n) is 5.04. The molecule has 0 radical (unpaired) electrons. The summed E-state index contributed by atoms with van der Waals surface area (Å²) in [6.45, 7) is 4.91. The van der Waals surface area contributed by atoms with Crippen molar-refractivity contribution in [3.8, 4) is 11.8 Å². The highest BCUT2D eigenvalue weighted by Crippen LogP contribution is 2.16. The summed E-state index contributed by atoms with van der Waals surface area (Å²) >= 11 is 0. The molecule has 0 saturated carbocycles. The fraction of sp³-hybridized carbons (Fsp3) is 0.467. The van der Waals surface area contributed by atoms with Gasteiger partial charge in [0, 0.05) is 19.2 Å². The zero-order valence-corrected chi connectivity index (χ0v) is 13.1. The highest BCUT2D eigenvalue weighted by atomic mass is 32.2. The SMILES string of the molecule is CC(C)CCN(C)S(=O)(=O)c1cccc(C#CCN)c1. The summed E-state index contributed by atoms with van der Waals surface area (Å²) in [6, 6.07) is 6.65. The number of hydrogen-bond donors (Lipinski definition) is 1. The van der Waals surface area contributed by atoms with Crippen LogP contribution in [0.5, 0.6) is 0 Å². The first-order chi connectivity index (χ1) is 9.37. The predicted molar refractivity (Wildman–Crippen MR) is 81.6 cm³/mol. The number of rotatable bonds is 5. The van der Waals surface area contributed by atoms with E-state index in [0.717, 1.165) is 6.42 Å². The largest absolute Gasteiger partial charge is 0.320 e. The molecule has 1 aromatic rings. The van der Waals surface area contributed by atoms with Gasteiger partial charge in [0.1, 0.15) is 0 Å². The molecule has 0 aromatic heterocycles. The number of sulfonamides is 1. The summed E-state index contributed by atoms with van der Waals surface area (Å²) in [6.07, 6.45) is 0.836. The first-order valence-corrected chi connectivity index (χ1v) is 8.07. The van der Waals surface area contributed by atoms with Crippen LogP contribution in [-0.2, 0) is 10.0 Å². The van der Waals surface area contributed by atoms with E-state index >= 15 is 0 Å². The molecule has 0 aliphatic carbocycles. The van der Waals surface area contributed by atoms with Crippen molar-refractivity contribution in [3.63, 3.8) is 0 Å². The maximum Gasteiger partial charge on any atom is 0.242 e. The standard InChI is InChI=1S/C15H22N2O2S/c1-13(2)9-11-17(3)20(18,19)15-8-4-6-14(12-15)7-5-10-16/h4,6,8,12-13H,9-11,16H2,1-3H3. The fourth-order valence-corrected chi connectivity index (χ4v) is 2.86. The van der Waals surface area contributed by atoms with E-state index in [1.807, 2.05) is 0 Å². The van der Waals surface area contributed by atoms with E-state index in [0.29, 0.717) is 18.0 Å². The second kappa shape index (κ2) is 7.44. The average molecular weight is 294 g/mol. The van der Waals surface area contributed by atoms with Gasteiger partial charge in [-0.1, -0.05) is 31.8 Å². The summed E-state index contributed by atoms with van der Waals surface area (Å²) in [7, 11) is -1.84. The van der Waals surface area contributed by atoms with Gasteiger partial charge in [0.05, 0.1) is 11.4 Å². The van der Waals surface area contributed by atoms with Crippen molar-refractivity contribution in [2.45, 2.75) is 25.2 Å². The highest BCUT2D eigenvalue weighted by molar-refractivity contribution is 7.89. The van der Waals surface area contributed by atoms with Crippen LogP contribution in [0, 0.1) is 17.8 Å². The van der Waals surface area contributed by atoms with Crippen LogP contribution in [0.3, 0.4) is 0 Å². The minimum Gasteiger partial charge on any atom is -0.320 e. The third kappa shape index (κ3) is 4.64. The van der Waals surface area contributed by atoms with Gasteiger partial charge in [0.2, 0.25) is 10.0 Å². The van der Waals surface area contributed by atoms with Gasteiger partial charge in [-0.15, -0.1) is 0 Å². The van der Waals surface area contributed by atoms with Crippen molar-refractivity contribution in [2.24, 2.45) is 11.7 Å². The minimum absolute atomic E-state index is 0.255. The molecular weight excluding hydrogens is 272 g/mol. The molecule has 4 nitrogen and oxygen atoms in total. The Morgan fingerprint density at radius 1 is 1.35 bits per heavy atom. The van der Waals surface area contributed by atoms with Crippen LogP contribution in [0.1, 0.15) is 25.8 Å². The quantitative estimate of drug-likeness (QED) is 0.840. The normalized spacial score (nSPS) is 11.5. The first-order valence-electron chi connectivity index (χ1n) is 6.63. The van der Waals surface area contributed by atoms with Crippen LogP contribution in [0.2, 0.25) is 0 Å². The molecule has 0 aliphatic heterocycles. The summed E-state index contributed by atoms with van der Waals surface area (Å²) in [4.78, 5) is 0.271. The molecule has 0 aliphatic rings. The van der Waals surface area contributed by atoms with Gasteiger partial charge < -0.3 is 5.73 Å². The van der Waals surface area contributed by atoms with Crippen molar-refractivity contribution in [1.29, 1.82) is 0 Å². The van der Waals surface area contributed by atoms with Crippen LogP contribution in [0.4, 0.5) is 0 Å². The summed E-state index contributed by atoms with van der Waals surface area (Å²) in [5, 5.41) is 0. The lowest BCUT2D eigenvalue weighted by atomic mass is 10.1. The molecule has 2 N–H and O–H groups in total. The summed E-state index contributed by atoms with van der Waals surface area (Å²) < 4.78 is 26.2. The predicted octanol–water partition coefficient (Wildman–Crippen LogP) is 1.66. The van der Waals surface area contributed by atoms with Gasteiger partial charge in [-0.3, -0.25) is 0 Å². The number of nitrogens with zero attached hydrogens (tertiary/aromatic N) is 1. The van der Waals surface area contributed by atoms with Crippen LogP contribution in [0.25, 0.3) is 0 Å². The topological polar surface area (TPSA) is 63.4 Å². The molecule has 1 aromatic carbocycles. The molecule has 0 amide bonds. The Morgan fingerprint density at radius 3 is 2.65 bits per heavy atom.